The van der Waals surface area contributed by atoms with Gasteiger partial charge in [0.05, 0.1) is 23.4 Å². The first kappa shape index (κ1) is 16.4. The van der Waals surface area contributed by atoms with Gasteiger partial charge in [-0.1, -0.05) is 0 Å². The molecule has 0 fully saturated rings. The molecule has 0 spiro atoms. The van der Waals surface area contributed by atoms with Crippen LogP contribution in [0.3, 0.4) is 0 Å². The molecule has 3 heterocycles. The Kier molecular flexibility index (Phi) is 4.80. The number of carbonyl (C=O) groups excluding carboxylic acids is 1. The first-order valence-electron chi connectivity index (χ1n) is 7.79. The number of rotatable bonds is 6. The highest BCUT2D eigenvalue weighted by molar-refractivity contribution is 7.13. The zero-order valence-electron chi connectivity index (χ0n) is 14.0. The molecule has 3 aromatic heterocycles. The number of aromatic nitrogens is 3. The van der Waals surface area contributed by atoms with Crippen LogP contribution in [0.15, 0.2) is 28.4 Å². The van der Waals surface area contributed by atoms with E-state index in [9.17, 15) is 4.79 Å². The number of imidazole rings is 1. The summed E-state index contributed by atoms with van der Waals surface area (Å²) >= 11 is 1.64. The predicted molar refractivity (Wildman–Crippen MR) is 93.0 cm³/mol. The summed E-state index contributed by atoms with van der Waals surface area (Å²) in [7, 11) is 0. The van der Waals surface area contributed by atoms with Crippen LogP contribution in [-0.2, 0) is 17.8 Å². The molecule has 1 amide bonds. The second kappa shape index (κ2) is 7.00. The van der Waals surface area contributed by atoms with E-state index in [0.29, 0.717) is 25.4 Å². The van der Waals surface area contributed by atoms with E-state index in [1.54, 1.807) is 17.7 Å². The highest BCUT2D eigenvalue weighted by Crippen LogP contribution is 2.29. The SMILES string of the molecule is CC(=O)NCCc1cn(Cc2nc(-c3sccc3C)oc2C)cn1. The third kappa shape index (κ3) is 3.73. The molecule has 3 rings (SSSR count). The van der Waals surface area contributed by atoms with E-state index in [0.717, 1.165) is 22.0 Å². The maximum absolute atomic E-state index is 10.9. The number of amides is 1. The van der Waals surface area contributed by atoms with Gasteiger partial charge < -0.3 is 14.3 Å². The number of hydrogen-bond acceptors (Lipinski definition) is 5. The summed E-state index contributed by atoms with van der Waals surface area (Å²) in [5.41, 5.74) is 3.03. The fourth-order valence-corrected chi connectivity index (χ4v) is 3.28. The summed E-state index contributed by atoms with van der Waals surface area (Å²) in [6, 6.07) is 2.07. The molecule has 0 aromatic carbocycles. The van der Waals surface area contributed by atoms with Crippen LogP contribution >= 0.6 is 11.3 Å². The van der Waals surface area contributed by atoms with E-state index < -0.39 is 0 Å². The molecule has 6 nitrogen and oxygen atoms in total. The largest absolute Gasteiger partial charge is 0.440 e. The van der Waals surface area contributed by atoms with E-state index >= 15 is 0 Å². The molecule has 0 radical (unpaired) electrons. The lowest BCUT2D eigenvalue weighted by molar-refractivity contribution is -0.118. The maximum Gasteiger partial charge on any atom is 0.237 e. The van der Waals surface area contributed by atoms with Crippen molar-refractivity contribution in [1.29, 1.82) is 0 Å². The molecule has 0 saturated carbocycles. The summed E-state index contributed by atoms with van der Waals surface area (Å²) in [4.78, 5) is 21.0. The summed E-state index contributed by atoms with van der Waals surface area (Å²) < 4.78 is 7.81. The minimum absolute atomic E-state index is 0.0240. The molecule has 0 atom stereocenters. The van der Waals surface area contributed by atoms with Gasteiger partial charge >= 0.3 is 0 Å². The lowest BCUT2D eigenvalue weighted by atomic mass is 10.3. The minimum atomic E-state index is -0.0240. The van der Waals surface area contributed by atoms with E-state index in [4.69, 9.17) is 4.42 Å². The fraction of sp³-hybridized carbons (Fsp3) is 0.353. The van der Waals surface area contributed by atoms with Crippen molar-refractivity contribution in [2.24, 2.45) is 0 Å². The zero-order valence-corrected chi connectivity index (χ0v) is 14.8. The topological polar surface area (TPSA) is 73.0 Å². The van der Waals surface area contributed by atoms with Crippen LogP contribution in [0.4, 0.5) is 0 Å². The van der Waals surface area contributed by atoms with Gasteiger partial charge in [-0.2, -0.15) is 0 Å². The van der Waals surface area contributed by atoms with E-state index in [1.165, 1.54) is 12.5 Å². The van der Waals surface area contributed by atoms with Crippen LogP contribution in [-0.4, -0.2) is 27.0 Å². The number of nitrogens with one attached hydrogen (secondary N) is 1. The normalized spacial score (nSPS) is 11.0. The zero-order chi connectivity index (χ0) is 17.1. The minimum Gasteiger partial charge on any atom is -0.440 e. The summed E-state index contributed by atoms with van der Waals surface area (Å²) in [5.74, 6) is 1.48. The Balaban J connectivity index is 1.68. The summed E-state index contributed by atoms with van der Waals surface area (Å²) in [5, 5.41) is 4.81. The van der Waals surface area contributed by atoms with E-state index in [2.05, 4.69) is 28.3 Å². The van der Waals surface area contributed by atoms with Gasteiger partial charge in [0.1, 0.15) is 11.5 Å². The Bertz CT molecular complexity index is 847. The third-order valence-electron chi connectivity index (χ3n) is 3.72. The average Bonchev–Trinajstić information content (AvgIpc) is 3.21. The second-order valence-corrected chi connectivity index (χ2v) is 6.64. The average molecular weight is 344 g/mol. The lowest BCUT2D eigenvalue weighted by Crippen LogP contribution is -2.22. The van der Waals surface area contributed by atoms with Gasteiger partial charge in [0, 0.05) is 26.1 Å². The Morgan fingerprint density at radius 3 is 2.96 bits per heavy atom. The molecule has 0 unspecified atom stereocenters. The van der Waals surface area contributed by atoms with Crippen molar-refractivity contribution in [1.82, 2.24) is 19.9 Å². The van der Waals surface area contributed by atoms with Gasteiger partial charge in [-0.3, -0.25) is 4.79 Å². The van der Waals surface area contributed by atoms with Gasteiger partial charge in [0.15, 0.2) is 0 Å². The van der Waals surface area contributed by atoms with Gasteiger partial charge in [0.2, 0.25) is 11.8 Å². The Hall–Kier alpha value is -2.41. The van der Waals surface area contributed by atoms with Crippen molar-refractivity contribution in [3.8, 4) is 10.8 Å². The maximum atomic E-state index is 10.9. The molecule has 0 saturated heterocycles. The fourth-order valence-electron chi connectivity index (χ4n) is 2.43. The summed E-state index contributed by atoms with van der Waals surface area (Å²) in [6.07, 6.45) is 4.48. The third-order valence-corrected chi connectivity index (χ3v) is 4.73. The smallest absolute Gasteiger partial charge is 0.237 e. The Morgan fingerprint density at radius 2 is 2.25 bits per heavy atom. The van der Waals surface area contributed by atoms with Crippen molar-refractivity contribution in [2.45, 2.75) is 33.7 Å². The molecule has 126 valence electrons. The number of aryl methyl sites for hydroxylation is 2. The quantitative estimate of drug-likeness (QED) is 0.746. The van der Waals surface area contributed by atoms with Crippen molar-refractivity contribution < 1.29 is 9.21 Å². The Labute approximate surface area is 144 Å². The van der Waals surface area contributed by atoms with Crippen LogP contribution in [0.2, 0.25) is 0 Å². The standard InChI is InChI=1S/C17H20N4O2S/c1-11-5-7-24-16(11)17-20-15(12(2)23-17)9-21-8-14(19-10-21)4-6-18-13(3)22/h5,7-8,10H,4,6,9H2,1-3H3,(H,18,22). The monoisotopic (exact) mass is 344 g/mol. The number of carbonyl (C=O) groups is 1. The molecule has 1 N–H and O–H groups in total. The molecule has 0 aliphatic carbocycles. The van der Waals surface area contributed by atoms with Crippen molar-refractivity contribution in [3.63, 3.8) is 0 Å². The molecule has 0 aliphatic rings. The number of hydrogen-bond donors (Lipinski definition) is 1. The van der Waals surface area contributed by atoms with Crippen LogP contribution in [0, 0.1) is 13.8 Å². The number of nitrogens with zero attached hydrogens (tertiary/aromatic N) is 3. The van der Waals surface area contributed by atoms with Gasteiger partial charge in [-0.15, -0.1) is 11.3 Å². The molecular formula is C17H20N4O2S. The highest BCUT2D eigenvalue weighted by Gasteiger charge is 2.14. The van der Waals surface area contributed by atoms with Crippen molar-refractivity contribution in [2.75, 3.05) is 6.54 Å². The van der Waals surface area contributed by atoms with Crippen LogP contribution in [0.5, 0.6) is 0 Å². The molecule has 3 aromatic rings. The molecule has 7 heteroatoms. The molecule has 0 aliphatic heterocycles. The molecule has 24 heavy (non-hydrogen) atoms. The van der Waals surface area contributed by atoms with E-state index in [-0.39, 0.29) is 5.91 Å². The van der Waals surface area contributed by atoms with Crippen molar-refractivity contribution >= 4 is 17.2 Å². The first-order chi connectivity index (χ1) is 11.5. The molecule has 0 bridgehead atoms. The van der Waals surface area contributed by atoms with Gasteiger partial charge in [-0.25, -0.2) is 9.97 Å². The first-order valence-corrected chi connectivity index (χ1v) is 8.66. The van der Waals surface area contributed by atoms with Gasteiger partial charge in [0.25, 0.3) is 0 Å². The number of thiophene rings is 1. The van der Waals surface area contributed by atoms with E-state index in [1.807, 2.05) is 23.1 Å². The van der Waals surface area contributed by atoms with Crippen LogP contribution in [0.1, 0.15) is 29.6 Å². The summed E-state index contributed by atoms with van der Waals surface area (Å²) in [6.45, 7) is 6.72. The predicted octanol–water partition coefficient (Wildman–Crippen LogP) is 2.94. The second-order valence-electron chi connectivity index (χ2n) is 5.72. The highest BCUT2D eigenvalue weighted by atomic mass is 32.1. The molecular weight excluding hydrogens is 324 g/mol. The van der Waals surface area contributed by atoms with Gasteiger partial charge in [-0.05, 0) is 30.9 Å². The lowest BCUT2D eigenvalue weighted by Gasteiger charge is -1.99. The van der Waals surface area contributed by atoms with Crippen LogP contribution in [0.25, 0.3) is 10.8 Å². The Morgan fingerprint density at radius 1 is 1.42 bits per heavy atom. The van der Waals surface area contributed by atoms with Crippen LogP contribution < -0.4 is 5.32 Å². The van der Waals surface area contributed by atoms with Crippen molar-refractivity contribution in [3.05, 3.63) is 46.7 Å². The number of oxazole rings is 1.